The Hall–Kier alpha value is -3.13. The quantitative estimate of drug-likeness (QED) is 0.527. The molecule has 30 heavy (non-hydrogen) atoms. The molecule has 8 nitrogen and oxygen atoms in total. The lowest BCUT2D eigenvalue weighted by molar-refractivity contribution is -0.130. The zero-order valence-electron chi connectivity index (χ0n) is 16.8. The van der Waals surface area contributed by atoms with Gasteiger partial charge in [0.1, 0.15) is 24.2 Å². The number of hydrogen-bond acceptors (Lipinski definition) is 5. The summed E-state index contributed by atoms with van der Waals surface area (Å²) in [5, 5.41) is 5.81. The number of furan rings is 1. The van der Waals surface area contributed by atoms with Crippen LogP contribution in [0.2, 0.25) is 0 Å². The summed E-state index contributed by atoms with van der Waals surface area (Å²) in [6.45, 7) is 1.73. The number of aryl methyl sites for hydroxylation is 1. The number of carbonyl (C=O) groups excluding carboxylic acids is 2. The second kappa shape index (κ2) is 9.58. The van der Waals surface area contributed by atoms with Crippen LogP contribution in [0.5, 0.6) is 0 Å². The molecule has 0 aliphatic carbocycles. The molecule has 1 aromatic carbocycles. The standard InChI is InChI=1S/C22H26N4O4/c27-21(24-14-16-6-4-12-29-16)15-26-18-8-2-1-7-17(18)25-20(26)10-3-11-23-22(28)19-9-5-13-30-19/h1-2,4,6-8,12,19H,3,5,9-11,13-15H2,(H,23,28)(H,24,27). The highest BCUT2D eigenvalue weighted by Crippen LogP contribution is 2.17. The first-order chi connectivity index (χ1) is 14.7. The fraction of sp³-hybridized carbons (Fsp3) is 0.409. The summed E-state index contributed by atoms with van der Waals surface area (Å²) in [6.07, 6.45) is 4.38. The smallest absolute Gasteiger partial charge is 0.249 e. The van der Waals surface area contributed by atoms with E-state index in [0.717, 1.165) is 36.1 Å². The zero-order chi connectivity index (χ0) is 20.8. The van der Waals surface area contributed by atoms with Crippen molar-refractivity contribution < 1.29 is 18.7 Å². The largest absolute Gasteiger partial charge is 0.467 e. The van der Waals surface area contributed by atoms with Crippen molar-refractivity contribution in [3.8, 4) is 0 Å². The van der Waals surface area contributed by atoms with Crippen molar-refractivity contribution in [2.75, 3.05) is 13.2 Å². The zero-order valence-corrected chi connectivity index (χ0v) is 16.8. The summed E-state index contributed by atoms with van der Waals surface area (Å²) in [5.41, 5.74) is 1.78. The Kier molecular flexibility index (Phi) is 6.44. The van der Waals surface area contributed by atoms with Gasteiger partial charge in [0, 0.05) is 19.6 Å². The van der Waals surface area contributed by atoms with E-state index in [1.165, 1.54) is 0 Å². The number of benzene rings is 1. The van der Waals surface area contributed by atoms with Crippen LogP contribution in [-0.2, 0) is 33.8 Å². The van der Waals surface area contributed by atoms with Gasteiger partial charge in [-0.3, -0.25) is 9.59 Å². The number of nitrogens with one attached hydrogen (secondary N) is 2. The van der Waals surface area contributed by atoms with Crippen LogP contribution >= 0.6 is 0 Å². The highest BCUT2D eigenvalue weighted by atomic mass is 16.5. The fourth-order valence-corrected chi connectivity index (χ4v) is 3.65. The van der Waals surface area contributed by atoms with Crippen molar-refractivity contribution in [2.45, 2.75) is 44.9 Å². The molecule has 4 rings (SSSR count). The molecule has 1 fully saturated rings. The predicted molar refractivity (Wildman–Crippen MR) is 111 cm³/mol. The summed E-state index contributed by atoms with van der Waals surface area (Å²) in [7, 11) is 0. The third kappa shape index (κ3) is 4.88. The summed E-state index contributed by atoms with van der Waals surface area (Å²) in [4.78, 5) is 29.3. The van der Waals surface area contributed by atoms with Gasteiger partial charge in [-0.25, -0.2) is 4.98 Å². The van der Waals surface area contributed by atoms with Crippen LogP contribution in [0.15, 0.2) is 47.1 Å². The van der Waals surface area contributed by atoms with E-state index in [4.69, 9.17) is 14.1 Å². The Morgan fingerprint density at radius 2 is 2.07 bits per heavy atom. The number of carbonyl (C=O) groups is 2. The lowest BCUT2D eigenvalue weighted by atomic mass is 10.2. The van der Waals surface area contributed by atoms with Gasteiger partial charge < -0.3 is 24.4 Å². The molecular formula is C22H26N4O4. The monoisotopic (exact) mass is 410 g/mol. The van der Waals surface area contributed by atoms with Crippen molar-refractivity contribution >= 4 is 22.8 Å². The minimum atomic E-state index is -0.313. The first-order valence-electron chi connectivity index (χ1n) is 10.3. The number of hydrogen-bond donors (Lipinski definition) is 2. The number of amides is 2. The third-order valence-electron chi connectivity index (χ3n) is 5.17. The number of nitrogens with zero attached hydrogens (tertiary/aromatic N) is 2. The minimum Gasteiger partial charge on any atom is -0.467 e. The van der Waals surface area contributed by atoms with E-state index in [2.05, 4.69) is 10.6 Å². The average Bonchev–Trinajstić information content (AvgIpc) is 3.51. The number of rotatable bonds is 9. The molecule has 0 radical (unpaired) electrons. The van der Waals surface area contributed by atoms with Crippen LogP contribution in [-0.4, -0.2) is 40.6 Å². The number of imidazole rings is 1. The maximum Gasteiger partial charge on any atom is 0.249 e. The Bertz CT molecular complexity index is 990. The molecule has 2 N–H and O–H groups in total. The highest BCUT2D eigenvalue weighted by Gasteiger charge is 2.23. The maximum atomic E-state index is 12.5. The van der Waals surface area contributed by atoms with E-state index < -0.39 is 0 Å². The van der Waals surface area contributed by atoms with Crippen molar-refractivity contribution in [3.63, 3.8) is 0 Å². The summed E-state index contributed by atoms with van der Waals surface area (Å²) in [6, 6.07) is 11.4. The van der Waals surface area contributed by atoms with Gasteiger partial charge in [0.25, 0.3) is 0 Å². The topological polar surface area (TPSA) is 98.4 Å². The lowest BCUT2D eigenvalue weighted by Gasteiger charge is -2.11. The maximum absolute atomic E-state index is 12.5. The minimum absolute atomic E-state index is 0.0432. The predicted octanol–water partition coefficient (Wildman–Crippen LogP) is 2.17. The van der Waals surface area contributed by atoms with Gasteiger partial charge in [0.2, 0.25) is 11.8 Å². The van der Waals surface area contributed by atoms with E-state index in [1.54, 1.807) is 12.3 Å². The third-order valence-corrected chi connectivity index (χ3v) is 5.17. The molecule has 1 saturated heterocycles. The SMILES string of the molecule is O=C(Cn1c(CCCNC(=O)C2CCCO2)nc2ccccc21)NCc1ccco1. The normalized spacial score (nSPS) is 16.1. The van der Waals surface area contributed by atoms with Crippen molar-refractivity contribution in [1.29, 1.82) is 0 Å². The summed E-state index contributed by atoms with van der Waals surface area (Å²) in [5.74, 6) is 1.39. The van der Waals surface area contributed by atoms with E-state index in [-0.39, 0.29) is 24.5 Å². The van der Waals surface area contributed by atoms with Crippen LogP contribution in [0.4, 0.5) is 0 Å². The molecule has 1 unspecified atom stereocenters. The second-order valence-electron chi connectivity index (χ2n) is 7.36. The van der Waals surface area contributed by atoms with Crippen LogP contribution < -0.4 is 10.6 Å². The van der Waals surface area contributed by atoms with E-state index in [1.807, 2.05) is 34.9 Å². The van der Waals surface area contributed by atoms with Crippen molar-refractivity contribution in [3.05, 3.63) is 54.2 Å². The van der Waals surface area contributed by atoms with Gasteiger partial charge in [0.05, 0.1) is 23.8 Å². The second-order valence-corrected chi connectivity index (χ2v) is 7.36. The van der Waals surface area contributed by atoms with Gasteiger partial charge >= 0.3 is 0 Å². The number of ether oxygens (including phenoxy) is 1. The molecule has 8 heteroatoms. The molecule has 158 valence electrons. The van der Waals surface area contributed by atoms with E-state index in [0.29, 0.717) is 31.9 Å². The van der Waals surface area contributed by atoms with Gasteiger partial charge in [0.15, 0.2) is 0 Å². The van der Waals surface area contributed by atoms with E-state index >= 15 is 0 Å². The summed E-state index contributed by atoms with van der Waals surface area (Å²) >= 11 is 0. The van der Waals surface area contributed by atoms with Crippen molar-refractivity contribution in [2.24, 2.45) is 0 Å². The number of para-hydroxylation sites is 2. The Morgan fingerprint density at radius 1 is 1.17 bits per heavy atom. The molecule has 3 aromatic rings. The first-order valence-corrected chi connectivity index (χ1v) is 10.3. The first kappa shape index (κ1) is 20.2. The number of aromatic nitrogens is 2. The van der Waals surface area contributed by atoms with Crippen LogP contribution in [0.1, 0.15) is 30.8 Å². The molecule has 0 saturated carbocycles. The van der Waals surface area contributed by atoms with E-state index in [9.17, 15) is 9.59 Å². The van der Waals surface area contributed by atoms with Gasteiger partial charge in [-0.15, -0.1) is 0 Å². The molecular weight excluding hydrogens is 384 g/mol. The highest BCUT2D eigenvalue weighted by molar-refractivity contribution is 5.81. The molecule has 2 aromatic heterocycles. The Balaban J connectivity index is 1.36. The van der Waals surface area contributed by atoms with Crippen LogP contribution in [0, 0.1) is 0 Å². The molecule has 0 bridgehead atoms. The molecule has 1 aliphatic heterocycles. The number of fused-ring (bicyclic) bond motifs is 1. The lowest BCUT2D eigenvalue weighted by Crippen LogP contribution is -2.34. The van der Waals surface area contributed by atoms with Gasteiger partial charge in [-0.2, -0.15) is 0 Å². The molecule has 1 aliphatic rings. The average molecular weight is 410 g/mol. The Morgan fingerprint density at radius 3 is 2.87 bits per heavy atom. The van der Waals surface area contributed by atoms with Gasteiger partial charge in [-0.05, 0) is 43.5 Å². The molecule has 0 spiro atoms. The van der Waals surface area contributed by atoms with Crippen LogP contribution in [0.3, 0.4) is 0 Å². The fourth-order valence-electron chi connectivity index (χ4n) is 3.65. The van der Waals surface area contributed by atoms with Crippen LogP contribution in [0.25, 0.3) is 11.0 Å². The van der Waals surface area contributed by atoms with Crippen molar-refractivity contribution in [1.82, 2.24) is 20.2 Å². The molecule has 2 amide bonds. The summed E-state index contributed by atoms with van der Waals surface area (Å²) < 4.78 is 12.6. The van der Waals surface area contributed by atoms with Gasteiger partial charge in [-0.1, -0.05) is 12.1 Å². The molecule has 1 atom stereocenters. The molecule has 3 heterocycles. The Labute approximate surface area is 174 Å².